The zero-order chi connectivity index (χ0) is 27.4. The van der Waals surface area contributed by atoms with Gasteiger partial charge in [0.15, 0.2) is 9.84 Å². The van der Waals surface area contributed by atoms with Gasteiger partial charge in [0.1, 0.15) is 5.92 Å². The standard InChI is InChI=1S/C22H21Cl2F5N2O4S/c1-3-36(34,35)10-11(2)30-21(33)17-13(5-4-6-14(17)23)20(32)31-16-8-7-12(9-15(16)24)18(19(25)26)22(27,28)29/h4-9,11,18-19H,3,10H2,1-2H3,(H,30,33)(H,31,32)/t11-,18?/m0/s1. The topological polar surface area (TPSA) is 92.3 Å². The van der Waals surface area contributed by atoms with Crippen LogP contribution in [0.1, 0.15) is 46.0 Å². The second kappa shape index (κ2) is 11.7. The molecule has 0 aliphatic heterocycles. The van der Waals surface area contributed by atoms with E-state index in [4.69, 9.17) is 23.2 Å². The van der Waals surface area contributed by atoms with E-state index < -0.39 is 56.8 Å². The number of amides is 2. The van der Waals surface area contributed by atoms with E-state index in [9.17, 15) is 40.0 Å². The number of sulfone groups is 1. The molecule has 2 atom stereocenters. The lowest BCUT2D eigenvalue weighted by molar-refractivity contribution is -0.178. The van der Waals surface area contributed by atoms with E-state index in [2.05, 4.69) is 10.6 Å². The summed E-state index contributed by atoms with van der Waals surface area (Å²) in [5.74, 6) is -5.31. The van der Waals surface area contributed by atoms with Crippen LogP contribution in [0.3, 0.4) is 0 Å². The van der Waals surface area contributed by atoms with E-state index in [1.165, 1.54) is 32.0 Å². The highest BCUT2D eigenvalue weighted by atomic mass is 35.5. The second-order valence-electron chi connectivity index (χ2n) is 7.78. The van der Waals surface area contributed by atoms with Gasteiger partial charge in [0.2, 0.25) is 0 Å². The molecular formula is C22H21Cl2F5N2O4S. The fourth-order valence-electron chi connectivity index (χ4n) is 3.27. The van der Waals surface area contributed by atoms with Crippen LogP contribution in [0, 0.1) is 0 Å². The Balaban J connectivity index is 2.31. The summed E-state index contributed by atoms with van der Waals surface area (Å²) in [6.45, 7) is 2.91. The molecule has 14 heteroatoms. The fourth-order valence-corrected chi connectivity index (χ4v) is 4.85. The molecule has 0 aromatic heterocycles. The third-order valence-corrected chi connectivity index (χ3v) is 7.53. The van der Waals surface area contributed by atoms with Crippen molar-refractivity contribution in [3.05, 3.63) is 63.1 Å². The highest BCUT2D eigenvalue weighted by Crippen LogP contribution is 2.41. The van der Waals surface area contributed by atoms with Crippen LogP contribution in [-0.4, -0.2) is 50.4 Å². The minimum Gasteiger partial charge on any atom is -0.348 e. The SMILES string of the molecule is CCS(=O)(=O)C[C@H](C)NC(=O)c1c(Cl)cccc1C(=O)Nc1ccc(C(C(F)F)C(F)(F)F)cc1Cl. The molecule has 0 saturated heterocycles. The Morgan fingerprint density at radius 3 is 2.19 bits per heavy atom. The molecule has 2 rings (SSSR count). The first kappa shape index (κ1) is 29.8. The number of benzene rings is 2. The predicted molar refractivity (Wildman–Crippen MR) is 127 cm³/mol. The van der Waals surface area contributed by atoms with Crippen molar-refractivity contribution in [2.24, 2.45) is 0 Å². The van der Waals surface area contributed by atoms with Crippen molar-refractivity contribution >= 4 is 50.5 Å². The highest BCUT2D eigenvalue weighted by Gasteiger charge is 2.47. The van der Waals surface area contributed by atoms with Crippen molar-refractivity contribution in [2.75, 3.05) is 16.8 Å². The number of carbonyl (C=O) groups excluding carboxylic acids is 2. The molecule has 1 unspecified atom stereocenters. The Kier molecular flexibility index (Phi) is 9.71. The van der Waals surface area contributed by atoms with Gasteiger partial charge in [-0.3, -0.25) is 9.59 Å². The van der Waals surface area contributed by atoms with E-state index in [1.54, 1.807) is 0 Å². The van der Waals surface area contributed by atoms with Gasteiger partial charge in [0.25, 0.3) is 18.2 Å². The van der Waals surface area contributed by atoms with Crippen LogP contribution in [0.15, 0.2) is 36.4 Å². The monoisotopic (exact) mass is 574 g/mol. The molecule has 0 aliphatic carbocycles. The molecule has 0 fully saturated rings. The van der Waals surface area contributed by atoms with Gasteiger partial charge in [-0.05, 0) is 36.8 Å². The minimum atomic E-state index is -5.22. The Bertz CT molecular complexity index is 1240. The Hall–Kier alpha value is -2.44. The van der Waals surface area contributed by atoms with Crippen LogP contribution in [0.25, 0.3) is 0 Å². The number of rotatable bonds is 9. The lowest BCUT2D eigenvalue weighted by atomic mass is 9.98. The summed E-state index contributed by atoms with van der Waals surface area (Å²) >= 11 is 12.1. The van der Waals surface area contributed by atoms with Crippen LogP contribution in [-0.2, 0) is 9.84 Å². The largest absolute Gasteiger partial charge is 0.401 e. The average molecular weight is 575 g/mol. The number of alkyl halides is 5. The summed E-state index contributed by atoms with van der Waals surface area (Å²) in [6.07, 6.45) is -8.96. The molecule has 0 radical (unpaired) electrons. The van der Waals surface area contributed by atoms with Crippen molar-refractivity contribution in [1.82, 2.24) is 5.32 Å². The van der Waals surface area contributed by atoms with Gasteiger partial charge >= 0.3 is 6.18 Å². The van der Waals surface area contributed by atoms with Crippen LogP contribution >= 0.6 is 23.2 Å². The van der Waals surface area contributed by atoms with E-state index in [0.29, 0.717) is 6.07 Å². The van der Waals surface area contributed by atoms with Crippen molar-refractivity contribution < 1.29 is 40.0 Å². The normalized spacial score (nSPS) is 13.8. The van der Waals surface area contributed by atoms with Gasteiger partial charge in [-0.15, -0.1) is 0 Å². The predicted octanol–water partition coefficient (Wildman–Crippen LogP) is 5.71. The molecule has 2 amide bonds. The maximum atomic E-state index is 13.0. The first-order valence-electron chi connectivity index (χ1n) is 10.3. The average Bonchev–Trinajstić information content (AvgIpc) is 2.73. The molecule has 198 valence electrons. The van der Waals surface area contributed by atoms with Crippen LogP contribution in [0.5, 0.6) is 0 Å². The Labute approximate surface area is 214 Å². The first-order chi connectivity index (χ1) is 16.6. The summed E-state index contributed by atoms with van der Waals surface area (Å²) in [5, 5.41) is 4.20. The molecule has 0 bridgehead atoms. The molecule has 0 heterocycles. The van der Waals surface area contributed by atoms with Crippen molar-refractivity contribution in [3.63, 3.8) is 0 Å². The zero-order valence-electron chi connectivity index (χ0n) is 18.8. The lowest BCUT2D eigenvalue weighted by Crippen LogP contribution is -2.39. The molecule has 36 heavy (non-hydrogen) atoms. The van der Waals surface area contributed by atoms with Gasteiger partial charge in [-0.1, -0.05) is 42.3 Å². The van der Waals surface area contributed by atoms with Gasteiger partial charge in [0, 0.05) is 11.8 Å². The van der Waals surface area contributed by atoms with Gasteiger partial charge in [-0.25, -0.2) is 17.2 Å². The van der Waals surface area contributed by atoms with E-state index in [0.717, 1.165) is 12.1 Å². The summed E-state index contributed by atoms with van der Waals surface area (Å²) in [4.78, 5) is 25.7. The van der Waals surface area contributed by atoms with Crippen molar-refractivity contribution in [2.45, 2.75) is 38.4 Å². The fraction of sp³-hybridized carbons (Fsp3) is 0.364. The number of carbonyl (C=O) groups is 2. The number of hydrogen-bond acceptors (Lipinski definition) is 4. The van der Waals surface area contributed by atoms with E-state index in [-0.39, 0.29) is 33.3 Å². The first-order valence-corrected chi connectivity index (χ1v) is 12.9. The molecule has 6 nitrogen and oxygen atoms in total. The molecule has 0 spiro atoms. The van der Waals surface area contributed by atoms with Gasteiger partial charge in [0.05, 0.1) is 32.6 Å². The van der Waals surface area contributed by atoms with Gasteiger partial charge < -0.3 is 10.6 Å². The third kappa shape index (κ3) is 7.53. The van der Waals surface area contributed by atoms with E-state index in [1.807, 2.05) is 0 Å². The number of anilines is 1. The maximum Gasteiger partial charge on any atom is 0.401 e. The van der Waals surface area contributed by atoms with Crippen molar-refractivity contribution in [3.8, 4) is 0 Å². The summed E-state index contributed by atoms with van der Waals surface area (Å²) in [6, 6.07) is 5.47. The van der Waals surface area contributed by atoms with Gasteiger partial charge in [-0.2, -0.15) is 13.2 Å². The number of hydrogen-bond donors (Lipinski definition) is 2. The smallest absolute Gasteiger partial charge is 0.348 e. The zero-order valence-corrected chi connectivity index (χ0v) is 21.1. The van der Waals surface area contributed by atoms with Crippen LogP contribution in [0.4, 0.5) is 27.6 Å². The molecular weight excluding hydrogens is 554 g/mol. The summed E-state index contributed by atoms with van der Waals surface area (Å²) in [5.41, 5.74) is -1.51. The Morgan fingerprint density at radius 1 is 1.03 bits per heavy atom. The summed E-state index contributed by atoms with van der Waals surface area (Å²) in [7, 11) is -3.41. The third-order valence-electron chi connectivity index (χ3n) is 5.01. The molecule has 2 N–H and O–H groups in total. The molecule has 2 aromatic rings. The summed E-state index contributed by atoms with van der Waals surface area (Å²) < 4.78 is 88.6. The minimum absolute atomic E-state index is 0.128. The molecule has 0 aliphatic rings. The molecule has 0 saturated carbocycles. The number of nitrogens with one attached hydrogen (secondary N) is 2. The quantitative estimate of drug-likeness (QED) is 0.375. The maximum absolute atomic E-state index is 13.0. The highest BCUT2D eigenvalue weighted by molar-refractivity contribution is 7.91. The lowest BCUT2D eigenvalue weighted by Gasteiger charge is -2.20. The second-order valence-corrected chi connectivity index (χ2v) is 11.0. The van der Waals surface area contributed by atoms with E-state index >= 15 is 0 Å². The van der Waals surface area contributed by atoms with Crippen molar-refractivity contribution in [1.29, 1.82) is 0 Å². The molecule has 2 aromatic carbocycles. The Morgan fingerprint density at radius 2 is 1.67 bits per heavy atom. The van der Waals surface area contributed by atoms with Crippen LogP contribution in [0.2, 0.25) is 10.0 Å². The van der Waals surface area contributed by atoms with Crippen LogP contribution < -0.4 is 10.6 Å². The number of halogens is 7.